The Kier molecular flexibility index (Phi) is 8.61. The van der Waals surface area contributed by atoms with Crippen molar-refractivity contribution in [1.82, 2.24) is 10.0 Å². The molecule has 2 aromatic carbocycles. The molecule has 0 bridgehead atoms. The van der Waals surface area contributed by atoms with Crippen LogP contribution in [0.4, 0.5) is 5.69 Å². The second-order valence-electron chi connectivity index (χ2n) is 8.74. The first-order chi connectivity index (χ1) is 16.9. The van der Waals surface area contributed by atoms with Crippen molar-refractivity contribution in [2.45, 2.75) is 48.8 Å². The summed E-state index contributed by atoms with van der Waals surface area (Å²) in [4.78, 5) is 13.3. The topological polar surface area (TPSA) is 115 Å². The first-order valence-electron chi connectivity index (χ1n) is 12.0. The third-order valence-electron chi connectivity index (χ3n) is 6.24. The maximum atomic E-state index is 13.1. The summed E-state index contributed by atoms with van der Waals surface area (Å²) in [6, 6.07) is 12.9. The molecule has 35 heavy (non-hydrogen) atoms. The predicted octanol–water partition coefficient (Wildman–Crippen LogP) is 2.60. The highest BCUT2D eigenvalue weighted by Crippen LogP contribution is 2.24. The Hall–Kier alpha value is -2.66. The quantitative estimate of drug-likeness (QED) is 0.432. The molecule has 3 N–H and O–H groups in total. The predicted molar refractivity (Wildman–Crippen MR) is 132 cm³/mol. The number of carbonyl (C=O) groups is 1. The summed E-state index contributed by atoms with van der Waals surface area (Å²) in [5, 5.41) is 6.21. The zero-order valence-corrected chi connectivity index (χ0v) is 20.7. The molecule has 2 aliphatic heterocycles. The van der Waals surface area contributed by atoms with Crippen molar-refractivity contribution >= 4 is 21.6 Å². The van der Waals surface area contributed by atoms with Gasteiger partial charge in [0.05, 0.1) is 24.2 Å². The molecular weight excluding hydrogens is 470 g/mol. The Balaban J connectivity index is 1.44. The van der Waals surface area contributed by atoms with Crippen LogP contribution in [0.15, 0.2) is 53.4 Å². The van der Waals surface area contributed by atoms with Gasteiger partial charge in [-0.1, -0.05) is 12.1 Å². The van der Waals surface area contributed by atoms with Crippen LogP contribution in [0.2, 0.25) is 0 Å². The molecule has 3 atom stereocenters. The first-order valence-corrected chi connectivity index (χ1v) is 13.4. The zero-order valence-electron chi connectivity index (χ0n) is 19.9. The van der Waals surface area contributed by atoms with Gasteiger partial charge in [-0.2, -0.15) is 0 Å². The van der Waals surface area contributed by atoms with Gasteiger partial charge in [-0.15, -0.1) is 0 Å². The molecule has 10 heteroatoms. The summed E-state index contributed by atoms with van der Waals surface area (Å²) in [5.74, 6) is 0.498. The Morgan fingerprint density at radius 3 is 2.17 bits per heavy atom. The van der Waals surface area contributed by atoms with E-state index in [1.54, 1.807) is 31.4 Å². The molecule has 4 rings (SSSR count). The van der Waals surface area contributed by atoms with Gasteiger partial charge in [0.2, 0.25) is 15.9 Å². The Morgan fingerprint density at radius 1 is 0.971 bits per heavy atom. The van der Waals surface area contributed by atoms with Gasteiger partial charge in [0.15, 0.2) is 0 Å². The van der Waals surface area contributed by atoms with Crippen molar-refractivity contribution in [1.29, 1.82) is 0 Å². The fraction of sp³-hybridized carbons (Fsp3) is 0.480. The van der Waals surface area contributed by atoms with Gasteiger partial charge < -0.3 is 24.8 Å². The standard InChI is InChI=1S/C25H33N3O6S/c1-32-20-10-6-18(7-11-20)24(25(29)26-16-21-4-2-14-33-21)28-19-8-12-23(13-9-19)35(30,31)27-17-22-5-3-15-34-22/h6-13,21-22,24,27-28H,2-5,14-17H2,1H3,(H,26,29). The molecule has 2 aromatic rings. The number of benzene rings is 2. The summed E-state index contributed by atoms with van der Waals surface area (Å²) in [5.41, 5.74) is 1.38. The Labute approximate surface area is 206 Å². The van der Waals surface area contributed by atoms with Crippen molar-refractivity contribution in [2.75, 3.05) is 38.7 Å². The smallest absolute Gasteiger partial charge is 0.247 e. The molecule has 2 heterocycles. The van der Waals surface area contributed by atoms with Crippen LogP contribution < -0.4 is 20.1 Å². The molecule has 0 aliphatic carbocycles. The highest BCUT2D eigenvalue weighted by molar-refractivity contribution is 7.89. The third kappa shape index (κ3) is 6.94. The highest BCUT2D eigenvalue weighted by Gasteiger charge is 2.24. The number of hydrogen-bond donors (Lipinski definition) is 3. The van der Waals surface area contributed by atoms with Crippen molar-refractivity contribution in [2.24, 2.45) is 0 Å². The van der Waals surface area contributed by atoms with Crippen molar-refractivity contribution in [3.05, 3.63) is 54.1 Å². The number of anilines is 1. The van der Waals surface area contributed by atoms with Crippen LogP contribution in [-0.4, -0.2) is 59.9 Å². The molecule has 0 saturated carbocycles. The highest BCUT2D eigenvalue weighted by atomic mass is 32.2. The number of methoxy groups -OCH3 is 1. The van der Waals surface area contributed by atoms with E-state index in [0.717, 1.165) is 37.9 Å². The van der Waals surface area contributed by atoms with Crippen LogP contribution in [-0.2, 0) is 24.3 Å². The number of hydrogen-bond acceptors (Lipinski definition) is 7. The minimum Gasteiger partial charge on any atom is -0.497 e. The van der Waals surface area contributed by atoms with E-state index in [-0.39, 0.29) is 29.6 Å². The summed E-state index contributed by atoms with van der Waals surface area (Å²) >= 11 is 0. The second-order valence-corrected chi connectivity index (χ2v) is 10.5. The van der Waals surface area contributed by atoms with Crippen LogP contribution in [0.25, 0.3) is 0 Å². The lowest BCUT2D eigenvalue weighted by Gasteiger charge is -2.21. The SMILES string of the molecule is COc1ccc(C(Nc2ccc(S(=O)(=O)NCC3CCCO3)cc2)C(=O)NCC2CCCO2)cc1. The van der Waals surface area contributed by atoms with Crippen LogP contribution in [0.3, 0.4) is 0 Å². The molecule has 0 radical (unpaired) electrons. The van der Waals surface area contributed by atoms with E-state index in [9.17, 15) is 13.2 Å². The van der Waals surface area contributed by atoms with Crippen LogP contribution >= 0.6 is 0 Å². The lowest BCUT2D eigenvalue weighted by molar-refractivity contribution is -0.122. The monoisotopic (exact) mass is 503 g/mol. The largest absolute Gasteiger partial charge is 0.497 e. The molecule has 1 amide bonds. The molecule has 0 spiro atoms. The summed E-state index contributed by atoms with van der Waals surface area (Å²) < 4.78 is 44.2. The lowest BCUT2D eigenvalue weighted by Crippen LogP contribution is -2.38. The average molecular weight is 504 g/mol. The van der Waals surface area contributed by atoms with Gasteiger partial charge in [-0.05, 0) is 67.6 Å². The Morgan fingerprint density at radius 2 is 1.60 bits per heavy atom. The van der Waals surface area contributed by atoms with E-state index in [1.807, 2.05) is 12.1 Å². The van der Waals surface area contributed by atoms with Crippen molar-refractivity contribution in [3.8, 4) is 5.75 Å². The number of sulfonamides is 1. The molecule has 2 saturated heterocycles. The van der Waals surface area contributed by atoms with Crippen LogP contribution in [0.1, 0.15) is 37.3 Å². The third-order valence-corrected chi connectivity index (χ3v) is 7.68. The van der Waals surface area contributed by atoms with Crippen molar-refractivity contribution < 1.29 is 27.4 Å². The van der Waals surface area contributed by atoms with E-state index in [4.69, 9.17) is 14.2 Å². The Bertz CT molecular complexity index is 1060. The summed E-state index contributed by atoms with van der Waals surface area (Å²) in [6.45, 7) is 2.09. The van der Waals surface area contributed by atoms with Crippen LogP contribution in [0, 0.1) is 0 Å². The molecule has 0 aromatic heterocycles. The van der Waals surface area contributed by atoms with Gasteiger partial charge in [-0.25, -0.2) is 13.1 Å². The van der Waals surface area contributed by atoms with Gasteiger partial charge in [0.25, 0.3) is 0 Å². The number of ether oxygens (including phenoxy) is 3. The van der Waals surface area contributed by atoms with E-state index >= 15 is 0 Å². The van der Waals surface area contributed by atoms with Gasteiger partial charge >= 0.3 is 0 Å². The second kappa shape index (κ2) is 11.9. The van der Waals surface area contributed by atoms with Gasteiger partial charge in [0.1, 0.15) is 11.8 Å². The maximum absolute atomic E-state index is 13.1. The van der Waals surface area contributed by atoms with E-state index in [2.05, 4.69) is 15.4 Å². The molecule has 2 aliphatic rings. The first kappa shape index (κ1) is 25.4. The zero-order chi connectivity index (χ0) is 24.7. The molecule has 3 unspecified atom stereocenters. The average Bonchev–Trinajstić information content (AvgIpc) is 3.60. The van der Waals surface area contributed by atoms with E-state index in [1.165, 1.54) is 12.1 Å². The minimum absolute atomic E-state index is 0.0297. The molecule has 2 fully saturated rings. The number of rotatable bonds is 11. The number of amides is 1. The molecular formula is C25H33N3O6S. The summed E-state index contributed by atoms with van der Waals surface area (Å²) in [6.07, 6.45) is 3.68. The minimum atomic E-state index is -3.65. The lowest BCUT2D eigenvalue weighted by atomic mass is 10.0. The normalized spacial score (nSPS) is 20.9. The van der Waals surface area contributed by atoms with Gasteiger partial charge in [0, 0.05) is 32.0 Å². The number of nitrogens with one attached hydrogen (secondary N) is 3. The molecule has 9 nitrogen and oxygen atoms in total. The van der Waals surface area contributed by atoms with Crippen LogP contribution in [0.5, 0.6) is 5.75 Å². The number of carbonyl (C=O) groups excluding carboxylic acids is 1. The van der Waals surface area contributed by atoms with Crippen molar-refractivity contribution in [3.63, 3.8) is 0 Å². The fourth-order valence-electron chi connectivity index (χ4n) is 4.21. The summed E-state index contributed by atoms with van der Waals surface area (Å²) in [7, 11) is -2.06. The maximum Gasteiger partial charge on any atom is 0.247 e. The van der Waals surface area contributed by atoms with Gasteiger partial charge in [-0.3, -0.25) is 4.79 Å². The fourth-order valence-corrected chi connectivity index (χ4v) is 5.27. The van der Waals surface area contributed by atoms with E-state index < -0.39 is 16.1 Å². The molecule has 190 valence electrons. The van der Waals surface area contributed by atoms with E-state index in [0.29, 0.717) is 24.6 Å².